The first kappa shape index (κ1) is 15.9. The molecule has 124 valence electrons. The van der Waals surface area contributed by atoms with E-state index in [1.54, 1.807) is 11.6 Å². The van der Waals surface area contributed by atoms with Gasteiger partial charge in [-0.25, -0.2) is 18.4 Å². The van der Waals surface area contributed by atoms with Crippen molar-refractivity contribution in [2.45, 2.75) is 23.9 Å². The number of imidazole rings is 1. The second-order valence-electron chi connectivity index (χ2n) is 5.97. The number of nitrogens with zero attached hydrogens (tertiary/aromatic N) is 5. The largest absolute Gasteiger partial charge is 0.363 e. The van der Waals surface area contributed by atoms with Crippen LogP contribution in [0.3, 0.4) is 0 Å². The van der Waals surface area contributed by atoms with E-state index in [1.165, 1.54) is 16.8 Å². The minimum absolute atomic E-state index is 0.0932. The first-order chi connectivity index (χ1) is 10.9. The minimum atomic E-state index is -3.60. The van der Waals surface area contributed by atoms with E-state index < -0.39 is 10.0 Å². The fraction of sp³-hybridized carbons (Fsp3) is 0.467. The van der Waals surface area contributed by atoms with Crippen LogP contribution in [0, 0.1) is 0 Å². The minimum Gasteiger partial charge on any atom is -0.363 e. The zero-order valence-corrected chi connectivity index (χ0v) is 14.4. The molecule has 0 bridgehead atoms. The van der Waals surface area contributed by atoms with E-state index in [9.17, 15) is 8.42 Å². The number of aryl methyl sites for hydroxylation is 1. The summed E-state index contributed by atoms with van der Waals surface area (Å²) in [7, 11) is 2.00. The van der Waals surface area contributed by atoms with Crippen LogP contribution in [0.2, 0.25) is 0 Å². The average Bonchev–Trinajstić information content (AvgIpc) is 3.16. The molecule has 7 nitrogen and oxygen atoms in total. The second-order valence-corrected chi connectivity index (χ2v) is 7.80. The van der Waals surface area contributed by atoms with Crippen LogP contribution >= 0.6 is 0 Å². The summed E-state index contributed by atoms with van der Waals surface area (Å²) in [5, 5.41) is 0.0932. The van der Waals surface area contributed by atoms with Gasteiger partial charge in [0.15, 0.2) is 5.03 Å². The Labute approximate surface area is 136 Å². The summed E-state index contributed by atoms with van der Waals surface area (Å²) in [6.07, 6.45) is 4.64. The monoisotopic (exact) mass is 335 g/mol. The zero-order chi connectivity index (χ0) is 16.6. The third kappa shape index (κ3) is 2.96. The van der Waals surface area contributed by atoms with Gasteiger partial charge in [0, 0.05) is 33.9 Å². The number of hydrogen-bond acceptors (Lipinski definition) is 5. The van der Waals surface area contributed by atoms with E-state index in [-0.39, 0.29) is 11.1 Å². The zero-order valence-electron chi connectivity index (χ0n) is 13.5. The summed E-state index contributed by atoms with van der Waals surface area (Å²) in [6.45, 7) is 0.497. The van der Waals surface area contributed by atoms with Crippen molar-refractivity contribution in [3.63, 3.8) is 0 Å². The van der Waals surface area contributed by atoms with Gasteiger partial charge in [-0.3, -0.25) is 0 Å². The summed E-state index contributed by atoms with van der Waals surface area (Å²) in [5.74, 6) is 0.824. The highest BCUT2D eigenvalue weighted by atomic mass is 32.2. The van der Waals surface area contributed by atoms with E-state index in [0.29, 0.717) is 6.54 Å². The Morgan fingerprint density at radius 1 is 1.30 bits per heavy atom. The maximum atomic E-state index is 12.9. The Hall–Kier alpha value is -1.93. The molecule has 1 aliphatic rings. The molecule has 0 amide bonds. The molecule has 0 radical (unpaired) electrons. The molecule has 3 rings (SSSR count). The molecule has 1 saturated heterocycles. The molecule has 2 aromatic heterocycles. The molecule has 1 fully saturated rings. The number of anilines is 1. The average molecular weight is 335 g/mol. The van der Waals surface area contributed by atoms with Gasteiger partial charge in [0.2, 0.25) is 0 Å². The van der Waals surface area contributed by atoms with Crippen molar-refractivity contribution < 1.29 is 8.42 Å². The lowest BCUT2D eigenvalue weighted by atomic mass is 10.1. The fourth-order valence-electron chi connectivity index (χ4n) is 2.84. The number of aromatic nitrogens is 3. The standard InChI is InChI=1S/C15H21N5O2S/c1-18(2)14-8-4-6-12(17-14)13-7-5-9-20(13)23(21,22)15-10-19(3)11-16-15/h4,6,8,10-11,13H,5,7,9H2,1-3H3. The van der Waals surface area contributed by atoms with Gasteiger partial charge < -0.3 is 9.47 Å². The fourth-order valence-corrected chi connectivity index (χ4v) is 4.48. The summed E-state index contributed by atoms with van der Waals surface area (Å²) in [6, 6.07) is 5.49. The molecular formula is C15H21N5O2S. The summed E-state index contributed by atoms with van der Waals surface area (Å²) in [4.78, 5) is 10.5. The van der Waals surface area contributed by atoms with Gasteiger partial charge in [0.1, 0.15) is 5.82 Å². The van der Waals surface area contributed by atoms with E-state index in [0.717, 1.165) is 24.4 Å². The van der Waals surface area contributed by atoms with Crippen LogP contribution in [0.5, 0.6) is 0 Å². The van der Waals surface area contributed by atoms with Crippen LogP contribution in [-0.2, 0) is 17.1 Å². The van der Waals surface area contributed by atoms with Crippen LogP contribution in [0.1, 0.15) is 24.6 Å². The maximum absolute atomic E-state index is 12.9. The molecule has 23 heavy (non-hydrogen) atoms. The van der Waals surface area contributed by atoms with Crippen molar-refractivity contribution in [3.05, 3.63) is 36.4 Å². The van der Waals surface area contributed by atoms with Gasteiger partial charge in [-0.1, -0.05) is 6.07 Å². The van der Waals surface area contributed by atoms with Crippen molar-refractivity contribution in [2.75, 3.05) is 25.5 Å². The van der Waals surface area contributed by atoms with Crippen molar-refractivity contribution in [2.24, 2.45) is 7.05 Å². The molecule has 3 heterocycles. The van der Waals surface area contributed by atoms with Crippen LogP contribution in [-0.4, -0.2) is 47.9 Å². The molecule has 8 heteroatoms. The van der Waals surface area contributed by atoms with E-state index in [2.05, 4.69) is 9.97 Å². The molecule has 0 saturated carbocycles. The highest BCUT2D eigenvalue weighted by Gasteiger charge is 2.38. The third-order valence-corrected chi connectivity index (χ3v) is 5.81. The quantitative estimate of drug-likeness (QED) is 0.845. The Kier molecular flexibility index (Phi) is 4.11. The molecule has 1 atom stereocenters. The van der Waals surface area contributed by atoms with Gasteiger partial charge >= 0.3 is 0 Å². The van der Waals surface area contributed by atoms with Crippen molar-refractivity contribution in [3.8, 4) is 0 Å². The van der Waals surface area contributed by atoms with Crippen molar-refractivity contribution in [1.82, 2.24) is 18.8 Å². The van der Waals surface area contributed by atoms with E-state index in [4.69, 9.17) is 0 Å². The SMILES string of the molecule is CN(C)c1cccc(C2CCCN2S(=O)(=O)c2cn(C)cn2)n1. The molecule has 1 aliphatic heterocycles. The Balaban J connectivity index is 1.96. The van der Waals surface area contributed by atoms with Crippen molar-refractivity contribution >= 4 is 15.8 Å². The maximum Gasteiger partial charge on any atom is 0.262 e. The van der Waals surface area contributed by atoms with Crippen molar-refractivity contribution in [1.29, 1.82) is 0 Å². The third-order valence-electron chi connectivity index (χ3n) is 4.01. The van der Waals surface area contributed by atoms with Gasteiger partial charge in [-0.15, -0.1) is 0 Å². The predicted octanol–water partition coefficient (Wildman–Crippen LogP) is 1.41. The van der Waals surface area contributed by atoms with E-state index in [1.807, 2.05) is 37.2 Å². The molecule has 0 aliphatic carbocycles. The molecular weight excluding hydrogens is 314 g/mol. The smallest absolute Gasteiger partial charge is 0.262 e. The van der Waals surface area contributed by atoms with E-state index >= 15 is 0 Å². The molecule has 0 spiro atoms. The predicted molar refractivity (Wildman–Crippen MR) is 87.6 cm³/mol. The summed E-state index contributed by atoms with van der Waals surface area (Å²) < 4.78 is 28.9. The topological polar surface area (TPSA) is 71.3 Å². The van der Waals surface area contributed by atoms with Gasteiger partial charge in [0.05, 0.1) is 18.1 Å². The van der Waals surface area contributed by atoms with Crippen LogP contribution in [0.4, 0.5) is 5.82 Å². The number of hydrogen-bond donors (Lipinski definition) is 0. The van der Waals surface area contributed by atoms with Crippen LogP contribution in [0.25, 0.3) is 0 Å². The second kappa shape index (κ2) is 5.93. The first-order valence-corrected chi connectivity index (χ1v) is 8.97. The number of rotatable bonds is 4. The summed E-state index contributed by atoms with van der Waals surface area (Å²) >= 11 is 0. The van der Waals surface area contributed by atoms with Crippen LogP contribution in [0.15, 0.2) is 35.7 Å². The highest BCUT2D eigenvalue weighted by Crippen LogP contribution is 2.35. The normalized spacial score (nSPS) is 19.2. The van der Waals surface area contributed by atoms with Gasteiger partial charge in [-0.2, -0.15) is 4.31 Å². The Morgan fingerprint density at radius 2 is 2.09 bits per heavy atom. The molecule has 0 aromatic carbocycles. The summed E-state index contributed by atoms with van der Waals surface area (Å²) in [5.41, 5.74) is 0.785. The molecule has 1 unspecified atom stereocenters. The Bertz CT molecular complexity index is 800. The van der Waals surface area contributed by atoms with Gasteiger partial charge in [-0.05, 0) is 25.0 Å². The lowest BCUT2D eigenvalue weighted by Gasteiger charge is -2.23. The number of sulfonamides is 1. The molecule has 0 N–H and O–H groups in total. The Morgan fingerprint density at radius 3 is 2.74 bits per heavy atom. The first-order valence-electron chi connectivity index (χ1n) is 7.53. The number of pyridine rings is 1. The van der Waals surface area contributed by atoms with Gasteiger partial charge in [0.25, 0.3) is 10.0 Å². The van der Waals surface area contributed by atoms with Crippen LogP contribution < -0.4 is 4.90 Å². The molecule has 2 aromatic rings. The lowest BCUT2D eigenvalue weighted by Crippen LogP contribution is -2.31. The highest BCUT2D eigenvalue weighted by molar-refractivity contribution is 7.89. The lowest BCUT2D eigenvalue weighted by molar-refractivity contribution is 0.389.